The highest BCUT2D eigenvalue weighted by atomic mass is 79.9. The van der Waals surface area contributed by atoms with Crippen molar-refractivity contribution in [3.8, 4) is 6.07 Å². The molecule has 1 unspecified atom stereocenters. The predicted molar refractivity (Wildman–Crippen MR) is 61.7 cm³/mol. The van der Waals surface area contributed by atoms with Crippen LogP contribution in [0.4, 0.5) is 0 Å². The van der Waals surface area contributed by atoms with Crippen LogP contribution < -0.4 is 5.32 Å². The quantitative estimate of drug-likeness (QED) is 0.932. The van der Waals surface area contributed by atoms with Gasteiger partial charge in [0, 0.05) is 15.1 Å². The third-order valence-electron chi connectivity index (χ3n) is 1.65. The van der Waals surface area contributed by atoms with E-state index in [1.165, 1.54) is 0 Å². The Morgan fingerprint density at radius 3 is 2.86 bits per heavy atom. The zero-order valence-corrected chi connectivity index (χ0v) is 10.8. The standard InChI is InChI=1S/C9H9Br2N3/c1-2-13-8(4-12)9-7(11)3-6(10)5-14-9/h3,5,8,13H,2H2,1H3. The van der Waals surface area contributed by atoms with E-state index in [4.69, 9.17) is 5.26 Å². The van der Waals surface area contributed by atoms with Crippen molar-refractivity contribution in [1.82, 2.24) is 10.3 Å². The Morgan fingerprint density at radius 1 is 1.64 bits per heavy atom. The van der Waals surface area contributed by atoms with Gasteiger partial charge >= 0.3 is 0 Å². The molecule has 1 aromatic rings. The van der Waals surface area contributed by atoms with Crippen molar-refractivity contribution in [3.05, 3.63) is 26.9 Å². The first-order valence-electron chi connectivity index (χ1n) is 4.13. The molecule has 0 saturated heterocycles. The molecule has 0 radical (unpaired) electrons. The number of hydrogen-bond acceptors (Lipinski definition) is 3. The molecule has 0 amide bonds. The maximum atomic E-state index is 8.92. The lowest BCUT2D eigenvalue weighted by Crippen LogP contribution is -2.20. The summed E-state index contributed by atoms with van der Waals surface area (Å²) in [6.07, 6.45) is 1.68. The molecule has 5 heteroatoms. The molecular formula is C9H9Br2N3. The minimum Gasteiger partial charge on any atom is -0.297 e. The molecule has 74 valence electrons. The fraction of sp³-hybridized carbons (Fsp3) is 0.333. The summed E-state index contributed by atoms with van der Waals surface area (Å²) in [5.41, 5.74) is 0.720. The van der Waals surface area contributed by atoms with Gasteiger partial charge in [-0.3, -0.25) is 10.3 Å². The normalized spacial score (nSPS) is 12.1. The highest BCUT2D eigenvalue weighted by molar-refractivity contribution is 9.11. The Balaban J connectivity index is 3.00. The van der Waals surface area contributed by atoms with Gasteiger partial charge in [-0.25, -0.2) is 0 Å². The molecule has 1 heterocycles. The molecule has 1 aromatic heterocycles. The Kier molecular flexibility index (Phi) is 4.52. The lowest BCUT2D eigenvalue weighted by atomic mass is 10.2. The fourth-order valence-corrected chi connectivity index (χ4v) is 2.26. The molecule has 3 nitrogen and oxygen atoms in total. The molecule has 0 aromatic carbocycles. The van der Waals surface area contributed by atoms with Gasteiger partial charge in [0.2, 0.25) is 0 Å². The molecule has 0 saturated carbocycles. The highest BCUT2D eigenvalue weighted by Crippen LogP contribution is 2.24. The number of pyridine rings is 1. The molecule has 0 aliphatic rings. The summed E-state index contributed by atoms with van der Waals surface area (Å²) in [4.78, 5) is 4.19. The smallest absolute Gasteiger partial charge is 0.139 e. The number of hydrogen-bond donors (Lipinski definition) is 1. The minimum atomic E-state index is -0.359. The molecule has 14 heavy (non-hydrogen) atoms. The Morgan fingerprint density at radius 2 is 2.36 bits per heavy atom. The summed E-state index contributed by atoms with van der Waals surface area (Å²) in [7, 11) is 0. The van der Waals surface area contributed by atoms with Crippen LogP contribution in [0.1, 0.15) is 18.7 Å². The van der Waals surface area contributed by atoms with Gasteiger partial charge in [-0.05, 0) is 44.5 Å². The van der Waals surface area contributed by atoms with Gasteiger partial charge in [0.1, 0.15) is 6.04 Å². The zero-order chi connectivity index (χ0) is 10.6. The van der Waals surface area contributed by atoms with Crippen LogP contribution >= 0.6 is 31.9 Å². The van der Waals surface area contributed by atoms with Crippen molar-refractivity contribution < 1.29 is 0 Å². The van der Waals surface area contributed by atoms with E-state index in [1.807, 2.05) is 13.0 Å². The van der Waals surface area contributed by atoms with Crippen molar-refractivity contribution in [2.75, 3.05) is 6.54 Å². The first kappa shape index (κ1) is 11.6. The second-order valence-corrected chi connectivity index (χ2v) is 4.41. The van der Waals surface area contributed by atoms with E-state index in [1.54, 1.807) is 6.20 Å². The molecular weight excluding hydrogens is 310 g/mol. The first-order chi connectivity index (χ1) is 6.69. The van der Waals surface area contributed by atoms with E-state index < -0.39 is 0 Å². The van der Waals surface area contributed by atoms with Crippen LogP contribution in [0.25, 0.3) is 0 Å². The number of nitriles is 1. The van der Waals surface area contributed by atoms with Crippen LogP contribution in [0.5, 0.6) is 0 Å². The van der Waals surface area contributed by atoms with Gasteiger partial charge in [-0.1, -0.05) is 6.92 Å². The molecule has 1 N–H and O–H groups in total. The van der Waals surface area contributed by atoms with Crippen LogP contribution in [-0.2, 0) is 0 Å². The van der Waals surface area contributed by atoms with Gasteiger partial charge in [0.25, 0.3) is 0 Å². The molecule has 0 aliphatic carbocycles. The number of rotatable bonds is 3. The van der Waals surface area contributed by atoms with Crippen molar-refractivity contribution in [3.63, 3.8) is 0 Å². The van der Waals surface area contributed by atoms with Gasteiger partial charge in [-0.15, -0.1) is 0 Å². The van der Waals surface area contributed by atoms with Gasteiger partial charge in [0.05, 0.1) is 11.8 Å². The first-order valence-corrected chi connectivity index (χ1v) is 5.71. The largest absolute Gasteiger partial charge is 0.297 e. The Bertz CT molecular complexity index is 360. The monoisotopic (exact) mass is 317 g/mol. The molecule has 1 rings (SSSR count). The maximum Gasteiger partial charge on any atom is 0.139 e. The topological polar surface area (TPSA) is 48.7 Å². The van der Waals surface area contributed by atoms with Crippen LogP contribution in [0.15, 0.2) is 21.2 Å². The van der Waals surface area contributed by atoms with Crippen LogP contribution in [-0.4, -0.2) is 11.5 Å². The second-order valence-electron chi connectivity index (χ2n) is 2.64. The molecule has 0 bridgehead atoms. The van der Waals surface area contributed by atoms with Gasteiger partial charge in [-0.2, -0.15) is 5.26 Å². The van der Waals surface area contributed by atoms with Crippen molar-refractivity contribution in [2.24, 2.45) is 0 Å². The summed E-state index contributed by atoms with van der Waals surface area (Å²) in [6.45, 7) is 2.69. The van der Waals surface area contributed by atoms with Crippen LogP contribution in [0.3, 0.4) is 0 Å². The molecule has 0 aliphatic heterocycles. The fourth-order valence-electron chi connectivity index (χ4n) is 1.05. The second kappa shape index (κ2) is 5.44. The Hall–Kier alpha value is -0.440. The number of aromatic nitrogens is 1. The van der Waals surface area contributed by atoms with Gasteiger partial charge in [0.15, 0.2) is 0 Å². The minimum absolute atomic E-state index is 0.359. The van der Waals surface area contributed by atoms with Crippen molar-refractivity contribution in [1.29, 1.82) is 5.26 Å². The number of halogens is 2. The van der Waals surface area contributed by atoms with Crippen LogP contribution in [0, 0.1) is 11.3 Å². The molecule has 0 spiro atoms. The summed E-state index contributed by atoms with van der Waals surface area (Å²) in [5.74, 6) is 0. The number of nitrogens with zero attached hydrogens (tertiary/aromatic N) is 2. The number of nitrogens with one attached hydrogen (secondary N) is 1. The average molecular weight is 319 g/mol. The summed E-state index contributed by atoms with van der Waals surface area (Å²) in [5, 5.41) is 12.0. The lowest BCUT2D eigenvalue weighted by Gasteiger charge is -2.10. The molecule has 0 fully saturated rings. The molecule has 1 atom stereocenters. The summed E-state index contributed by atoms with van der Waals surface area (Å²) in [6, 6.07) is 3.68. The van der Waals surface area contributed by atoms with E-state index in [0.717, 1.165) is 21.2 Å². The third kappa shape index (κ3) is 2.77. The van der Waals surface area contributed by atoms with E-state index >= 15 is 0 Å². The zero-order valence-electron chi connectivity index (χ0n) is 7.59. The average Bonchev–Trinajstić information content (AvgIpc) is 2.15. The van der Waals surface area contributed by atoms with Crippen LogP contribution in [0.2, 0.25) is 0 Å². The van der Waals surface area contributed by atoms with E-state index in [0.29, 0.717) is 0 Å². The third-order valence-corrected chi connectivity index (χ3v) is 2.72. The SMILES string of the molecule is CCNC(C#N)c1ncc(Br)cc1Br. The van der Waals surface area contributed by atoms with E-state index in [2.05, 4.69) is 48.2 Å². The van der Waals surface area contributed by atoms with Crippen molar-refractivity contribution >= 4 is 31.9 Å². The maximum absolute atomic E-state index is 8.92. The predicted octanol–water partition coefficient (Wildman–Crippen LogP) is 2.78. The lowest BCUT2D eigenvalue weighted by molar-refractivity contribution is 0.639. The van der Waals surface area contributed by atoms with E-state index in [-0.39, 0.29) is 6.04 Å². The van der Waals surface area contributed by atoms with E-state index in [9.17, 15) is 0 Å². The van der Waals surface area contributed by atoms with Crippen molar-refractivity contribution in [2.45, 2.75) is 13.0 Å². The summed E-state index contributed by atoms with van der Waals surface area (Å²) >= 11 is 6.69. The Labute approximate surface area is 99.8 Å². The summed E-state index contributed by atoms with van der Waals surface area (Å²) < 4.78 is 1.72. The van der Waals surface area contributed by atoms with Gasteiger partial charge < -0.3 is 0 Å². The highest BCUT2D eigenvalue weighted by Gasteiger charge is 2.13.